The molecule has 2 nitrogen and oxygen atoms in total. The summed E-state index contributed by atoms with van der Waals surface area (Å²) in [6.07, 6.45) is -0.0490. The van der Waals surface area contributed by atoms with Crippen molar-refractivity contribution in [1.82, 2.24) is 0 Å². The second-order valence-corrected chi connectivity index (χ2v) is 5.91. The van der Waals surface area contributed by atoms with Crippen molar-refractivity contribution in [3.8, 4) is 5.75 Å². The minimum absolute atomic E-state index is 0.405. The summed E-state index contributed by atoms with van der Waals surface area (Å²) in [7, 11) is 0. The van der Waals surface area contributed by atoms with E-state index >= 15 is 0 Å². The number of halogens is 3. The van der Waals surface area contributed by atoms with E-state index in [1.165, 1.54) is 0 Å². The van der Waals surface area contributed by atoms with Crippen LogP contribution in [0.2, 0.25) is 15.1 Å². The predicted molar refractivity (Wildman–Crippen MR) is 81.2 cm³/mol. The first-order valence-electron chi connectivity index (χ1n) is 6.14. The minimum atomic E-state index is -0.852. The minimum Gasteiger partial charge on any atom is -0.493 e. The van der Waals surface area contributed by atoms with Crippen LogP contribution in [-0.2, 0) is 6.42 Å². The number of rotatable bonds is 2. The largest absolute Gasteiger partial charge is 0.493 e. The SMILES string of the molecule is OC(c1ccc(Cl)c(Cl)c1)c1cc(Cl)cc2c1OCC2. The third-order valence-corrected chi connectivity index (χ3v) is 4.29. The highest BCUT2D eigenvalue weighted by Gasteiger charge is 2.23. The summed E-state index contributed by atoms with van der Waals surface area (Å²) in [5.41, 5.74) is 2.33. The van der Waals surface area contributed by atoms with Crippen LogP contribution >= 0.6 is 34.8 Å². The van der Waals surface area contributed by atoms with Crippen LogP contribution in [0.15, 0.2) is 30.3 Å². The van der Waals surface area contributed by atoms with E-state index in [9.17, 15) is 5.11 Å². The molecule has 0 saturated heterocycles. The standard InChI is InChI=1S/C15H11Cl3O2/c16-10-5-9-3-4-20-15(9)11(7-10)14(19)8-1-2-12(17)13(18)6-8/h1-2,5-7,14,19H,3-4H2. The highest BCUT2D eigenvalue weighted by molar-refractivity contribution is 6.42. The number of hydrogen-bond acceptors (Lipinski definition) is 2. The molecule has 0 saturated carbocycles. The zero-order valence-corrected chi connectivity index (χ0v) is 12.6. The van der Waals surface area contributed by atoms with E-state index in [1.54, 1.807) is 24.3 Å². The molecule has 104 valence electrons. The van der Waals surface area contributed by atoms with Crippen molar-refractivity contribution in [2.45, 2.75) is 12.5 Å². The van der Waals surface area contributed by atoms with Gasteiger partial charge in [-0.15, -0.1) is 0 Å². The van der Waals surface area contributed by atoms with E-state index in [0.717, 1.165) is 12.0 Å². The van der Waals surface area contributed by atoms with Crippen molar-refractivity contribution >= 4 is 34.8 Å². The van der Waals surface area contributed by atoms with Gasteiger partial charge in [0.25, 0.3) is 0 Å². The van der Waals surface area contributed by atoms with Gasteiger partial charge in [-0.25, -0.2) is 0 Å². The van der Waals surface area contributed by atoms with Gasteiger partial charge in [0.05, 0.1) is 16.7 Å². The lowest BCUT2D eigenvalue weighted by molar-refractivity contribution is 0.214. The number of fused-ring (bicyclic) bond motifs is 1. The molecule has 0 fully saturated rings. The van der Waals surface area contributed by atoms with Crippen molar-refractivity contribution in [3.05, 3.63) is 62.1 Å². The lowest BCUT2D eigenvalue weighted by atomic mass is 9.98. The first-order valence-corrected chi connectivity index (χ1v) is 7.28. The first-order chi connectivity index (χ1) is 9.56. The molecule has 0 bridgehead atoms. The molecular weight excluding hydrogens is 319 g/mol. The van der Waals surface area contributed by atoms with Gasteiger partial charge >= 0.3 is 0 Å². The van der Waals surface area contributed by atoms with Crippen LogP contribution < -0.4 is 4.74 Å². The van der Waals surface area contributed by atoms with E-state index < -0.39 is 6.10 Å². The van der Waals surface area contributed by atoms with Crippen LogP contribution in [0.5, 0.6) is 5.75 Å². The lowest BCUT2D eigenvalue weighted by Gasteiger charge is -2.16. The molecule has 1 unspecified atom stereocenters. The Labute approximate surface area is 131 Å². The van der Waals surface area contributed by atoms with Gasteiger partial charge in [0.1, 0.15) is 11.9 Å². The molecular formula is C15H11Cl3O2. The quantitative estimate of drug-likeness (QED) is 0.868. The van der Waals surface area contributed by atoms with Gasteiger partial charge in [-0.1, -0.05) is 40.9 Å². The van der Waals surface area contributed by atoms with Gasteiger partial charge in [0.15, 0.2) is 0 Å². The molecule has 1 atom stereocenters. The van der Waals surface area contributed by atoms with Gasteiger partial charge in [0.2, 0.25) is 0 Å². The van der Waals surface area contributed by atoms with Gasteiger partial charge < -0.3 is 9.84 Å². The Bertz CT molecular complexity index is 670. The van der Waals surface area contributed by atoms with E-state index in [2.05, 4.69) is 0 Å². The molecule has 0 aliphatic carbocycles. The third kappa shape index (κ3) is 2.49. The number of aliphatic hydroxyl groups is 1. The second kappa shape index (κ2) is 5.45. The molecule has 2 aromatic rings. The molecule has 5 heteroatoms. The van der Waals surface area contributed by atoms with Gasteiger partial charge in [-0.3, -0.25) is 0 Å². The third-order valence-electron chi connectivity index (χ3n) is 3.33. The average Bonchev–Trinajstić information content (AvgIpc) is 2.88. The maximum atomic E-state index is 10.6. The molecule has 3 rings (SSSR count). The summed E-state index contributed by atoms with van der Waals surface area (Å²) < 4.78 is 5.60. The topological polar surface area (TPSA) is 29.5 Å². The van der Waals surface area contributed by atoms with Crippen LogP contribution in [0.25, 0.3) is 0 Å². The zero-order chi connectivity index (χ0) is 14.3. The molecule has 1 aliphatic heterocycles. The normalized spacial score (nSPS) is 14.8. The lowest BCUT2D eigenvalue weighted by Crippen LogP contribution is -2.02. The zero-order valence-electron chi connectivity index (χ0n) is 10.4. The molecule has 0 aromatic heterocycles. The van der Waals surface area contributed by atoms with Gasteiger partial charge in [0, 0.05) is 17.0 Å². The Morgan fingerprint density at radius 1 is 1.05 bits per heavy atom. The molecule has 1 N–H and O–H groups in total. The summed E-state index contributed by atoms with van der Waals surface area (Å²) in [5.74, 6) is 0.716. The van der Waals surface area contributed by atoms with Crippen molar-refractivity contribution in [2.75, 3.05) is 6.61 Å². The monoisotopic (exact) mass is 328 g/mol. The Morgan fingerprint density at radius 3 is 2.60 bits per heavy atom. The first kappa shape index (κ1) is 14.0. The molecule has 0 radical (unpaired) electrons. The van der Waals surface area contributed by atoms with E-state index in [1.807, 2.05) is 6.07 Å². The van der Waals surface area contributed by atoms with E-state index in [-0.39, 0.29) is 0 Å². The Kier molecular flexibility index (Phi) is 3.83. The van der Waals surface area contributed by atoms with Crippen molar-refractivity contribution in [1.29, 1.82) is 0 Å². The molecule has 2 aromatic carbocycles. The van der Waals surface area contributed by atoms with Crippen LogP contribution in [0.1, 0.15) is 22.8 Å². The molecule has 20 heavy (non-hydrogen) atoms. The van der Waals surface area contributed by atoms with Crippen molar-refractivity contribution in [2.24, 2.45) is 0 Å². The molecule has 1 aliphatic rings. The molecule has 0 spiro atoms. The second-order valence-electron chi connectivity index (χ2n) is 4.66. The average molecular weight is 330 g/mol. The fourth-order valence-electron chi connectivity index (χ4n) is 2.36. The fraction of sp³-hybridized carbons (Fsp3) is 0.200. The van der Waals surface area contributed by atoms with Crippen LogP contribution in [-0.4, -0.2) is 11.7 Å². The van der Waals surface area contributed by atoms with Crippen LogP contribution in [0.3, 0.4) is 0 Å². The Hall–Kier alpha value is -0.930. The molecule has 1 heterocycles. The Balaban J connectivity index is 2.06. The number of hydrogen-bond donors (Lipinski definition) is 1. The maximum Gasteiger partial charge on any atom is 0.128 e. The number of benzene rings is 2. The summed E-state index contributed by atoms with van der Waals surface area (Å²) >= 11 is 18.0. The maximum absolute atomic E-state index is 10.6. The number of aliphatic hydroxyl groups excluding tert-OH is 1. The van der Waals surface area contributed by atoms with Crippen molar-refractivity contribution < 1.29 is 9.84 Å². The number of ether oxygens (including phenoxy) is 1. The van der Waals surface area contributed by atoms with E-state index in [0.29, 0.717) is 38.6 Å². The van der Waals surface area contributed by atoms with Gasteiger partial charge in [-0.05, 0) is 35.4 Å². The predicted octanol–water partition coefficient (Wildman–Crippen LogP) is 4.66. The summed E-state index contributed by atoms with van der Waals surface area (Å²) in [4.78, 5) is 0. The summed E-state index contributed by atoms with van der Waals surface area (Å²) in [6.45, 7) is 0.608. The highest BCUT2D eigenvalue weighted by atomic mass is 35.5. The van der Waals surface area contributed by atoms with Crippen LogP contribution in [0, 0.1) is 0 Å². The Morgan fingerprint density at radius 2 is 1.85 bits per heavy atom. The summed E-state index contributed by atoms with van der Waals surface area (Å²) in [5, 5.41) is 12.0. The van der Waals surface area contributed by atoms with Crippen LogP contribution in [0.4, 0.5) is 0 Å². The highest BCUT2D eigenvalue weighted by Crippen LogP contribution is 2.39. The van der Waals surface area contributed by atoms with E-state index in [4.69, 9.17) is 39.5 Å². The fourth-order valence-corrected chi connectivity index (χ4v) is 2.92. The van der Waals surface area contributed by atoms with Gasteiger partial charge in [-0.2, -0.15) is 0 Å². The summed E-state index contributed by atoms with van der Waals surface area (Å²) in [6, 6.07) is 8.64. The van der Waals surface area contributed by atoms with Crippen molar-refractivity contribution in [3.63, 3.8) is 0 Å². The molecule has 0 amide bonds. The smallest absolute Gasteiger partial charge is 0.128 e.